The van der Waals surface area contributed by atoms with Crippen molar-refractivity contribution in [2.45, 2.75) is 44.1 Å². The Kier molecular flexibility index (Phi) is 7.91. The lowest BCUT2D eigenvalue weighted by atomic mass is 9.69. The van der Waals surface area contributed by atoms with E-state index in [1.54, 1.807) is 12.1 Å². The minimum atomic E-state index is -3.24. The van der Waals surface area contributed by atoms with Gasteiger partial charge in [-0.25, -0.2) is 17.5 Å². The van der Waals surface area contributed by atoms with Gasteiger partial charge in [0.05, 0.1) is 12.3 Å². The molecule has 5 nitrogen and oxygen atoms in total. The highest BCUT2D eigenvalue weighted by Crippen LogP contribution is 2.42. The van der Waals surface area contributed by atoms with Crippen LogP contribution in [-0.2, 0) is 20.2 Å². The molecule has 1 fully saturated rings. The number of likely N-dealkylation sites (tertiary alicyclic amines) is 1. The van der Waals surface area contributed by atoms with Crippen LogP contribution >= 0.6 is 0 Å². The molecule has 4 rings (SSSR count). The highest BCUT2D eigenvalue weighted by atomic mass is 32.2. The molecule has 0 radical (unpaired) electrons. The molecule has 0 aliphatic carbocycles. The van der Waals surface area contributed by atoms with E-state index in [1.807, 2.05) is 47.4 Å². The van der Waals surface area contributed by atoms with Crippen molar-refractivity contribution in [2.75, 3.05) is 19.3 Å². The maximum absolute atomic E-state index is 13.5. The van der Waals surface area contributed by atoms with E-state index >= 15 is 0 Å². The van der Waals surface area contributed by atoms with E-state index < -0.39 is 10.0 Å². The predicted octanol–water partition coefficient (Wildman–Crippen LogP) is 5.44. The summed E-state index contributed by atoms with van der Waals surface area (Å²) in [5.74, 6) is -0.151. The Hall–Kier alpha value is -3.03. The standard InChI is InChI=1S/C29H33FN2O3S/c1-22(23-9-11-24(12-10-23)25-13-15-27(30)16-14-25)32-20-18-29(21-28(32)33,26-7-4-3-5-8-26)17-6-19-31-36(2,34)35/h3-5,7-16,22,31H,6,17-21H2,1-2H3/t22-,29+/m0/s1. The van der Waals surface area contributed by atoms with Crippen molar-refractivity contribution in [2.24, 2.45) is 0 Å². The average Bonchev–Trinajstić information content (AvgIpc) is 2.87. The molecular weight excluding hydrogens is 475 g/mol. The number of amides is 1. The summed E-state index contributed by atoms with van der Waals surface area (Å²) in [6.07, 6.45) is 3.78. The van der Waals surface area contributed by atoms with Crippen LogP contribution < -0.4 is 4.72 Å². The summed E-state index contributed by atoms with van der Waals surface area (Å²) in [6.45, 7) is 3.05. The summed E-state index contributed by atoms with van der Waals surface area (Å²) in [4.78, 5) is 15.4. The van der Waals surface area contributed by atoms with Gasteiger partial charge in [-0.2, -0.15) is 0 Å². The van der Waals surface area contributed by atoms with Gasteiger partial charge in [-0.3, -0.25) is 4.79 Å². The highest BCUT2D eigenvalue weighted by molar-refractivity contribution is 7.88. The molecule has 1 saturated heterocycles. The van der Waals surface area contributed by atoms with E-state index in [9.17, 15) is 17.6 Å². The second-order valence-corrected chi connectivity index (χ2v) is 11.6. The molecule has 0 aromatic heterocycles. The molecule has 1 aliphatic heterocycles. The quantitative estimate of drug-likeness (QED) is 0.391. The zero-order valence-corrected chi connectivity index (χ0v) is 21.6. The van der Waals surface area contributed by atoms with Gasteiger partial charge in [0.25, 0.3) is 0 Å². The zero-order valence-electron chi connectivity index (χ0n) is 20.8. The molecule has 0 saturated carbocycles. The van der Waals surface area contributed by atoms with Crippen molar-refractivity contribution >= 4 is 15.9 Å². The van der Waals surface area contributed by atoms with Gasteiger partial charge in [0.1, 0.15) is 5.82 Å². The van der Waals surface area contributed by atoms with Crippen LogP contribution in [0.2, 0.25) is 0 Å². The summed E-state index contributed by atoms with van der Waals surface area (Å²) in [5, 5.41) is 0. The van der Waals surface area contributed by atoms with Gasteiger partial charge in [-0.15, -0.1) is 0 Å². The van der Waals surface area contributed by atoms with Crippen LogP contribution in [0.15, 0.2) is 78.9 Å². The number of benzene rings is 3. The largest absolute Gasteiger partial charge is 0.336 e. The maximum Gasteiger partial charge on any atom is 0.223 e. The normalized spacial score (nSPS) is 19.3. The first-order chi connectivity index (χ1) is 17.2. The monoisotopic (exact) mass is 508 g/mol. The fourth-order valence-corrected chi connectivity index (χ4v) is 5.72. The van der Waals surface area contributed by atoms with E-state index in [0.717, 1.165) is 41.4 Å². The molecule has 1 amide bonds. The average molecular weight is 509 g/mol. The molecule has 1 N–H and O–H groups in total. The summed E-state index contributed by atoms with van der Waals surface area (Å²) in [5.41, 5.74) is 3.83. The zero-order chi connectivity index (χ0) is 25.8. The Bertz CT molecular complexity index is 1280. The number of nitrogens with one attached hydrogen (secondary N) is 1. The van der Waals surface area contributed by atoms with Crippen molar-refractivity contribution in [3.63, 3.8) is 0 Å². The summed E-state index contributed by atoms with van der Waals surface area (Å²) < 4.78 is 38.7. The first-order valence-electron chi connectivity index (χ1n) is 12.3. The SMILES string of the molecule is C[C@@H](c1ccc(-c2ccc(F)cc2)cc1)N1CC[C@@](CCCNS(C)(=O)=O)(c2ccccc2)CC1=O. The fourth-order valence-electron chi connectivity index (χ4n) is 5.20. The molecule has 7 heteroatoms. The summed E-state index contributed by atoms with van der Waals surface area (Å²) >= 11 is 0. The van der Waals surface area contributed by atoms with Crippen LogP contribution in [-0.4, -0.2) is 38.6 Å². The number of rotatable bonds is 9. The molecule has 1 heterocycles. The van der Waals surface area contributed by atoms with Gasteiger partial charge in [0.15, 0.2) is 0 Å². The number of carbonyl (C=O) groups is 1. The number of halogens is 1. The van der Waals surface area contributed by atoms with E-state index in [2.05, 4.69) is 23.8 Å². The molecule has 1 aliphatic rings. The molecule has 36 heavy (non-hydrogen) atoms. The number of hydrogen-bond donors (Lipinski definition) is 1. The molecule has 0 spiro atoms. The van der Waals surface area contributed by atoms with E-state index in [0.29, 0.717) is 25.9 Å². The van der Waals surface area contributed by atoms with Crippen molar-refractivity contribution < 1.29 is 17.6 Å². The van der Waals surface area contributed by atoms with E-state index in [1.165, 1.54) is 12.1 Å². The maximum atomic E-state index is 13.5. The Morgan fingerprint density at radius 2 is 1.58 bits per heavy atom. The summed E-state index contributed by atoms with van der Waals surface area (Å²) in [7, 11) is -3.24. The Morgan fingerprint density at radius 3 is 2.17 bits per heavy atom. The molecule has 3 aromatic rings. The van der Waals surface area contributed by atoms with Crippen molar-refractivity contribution in [1.29, 1.82) is 0 Å². The van der Waals surface area contributed by atoms with Gasteiger partial charge >= 0.3 is 0 Å². The van der Waals surface area contributed by atoms with Crippen LogP contribution in [0, 0.1) is 5.82 Å². The fraction of sp³-hybridized carbons (Fsp3) is 0.345. The minimum absolute atomic E-state index is 0.0690. The molecule has 190 valence electrons. The van der Waals surface area contributed by atoms with Gasteiger partial charge in [0, 0.05) is 24.9 Å². The highest BCUT2D eigenvalue weighted by Gasteiger charge is 2.41. The Labute approximate surface area is 213 Å². The van der Waals surface area contributed by atoms with Gasteiger partial charge in [-0.05, 0) is 60.6 Å². The molecule has 2 atom stereocenters. The first-order valence-corrected chi connectivity index (χ1v) is 14.2. The molecule has 3 aromatic carbocycles. The third kappa shape index (κ3) is 6.20. The van der Waals surface area contributed by atoms with Gasteiger partial charge in [-0.1, -0.05) is 66.7 Å². The van der Waals surface area contributed by atoms with Crippen LogP contribution in [0.5, 0.6) is 0 Å². The topological polar surface area (TPSA) is 66.5 Å². The van der Waals surface area contributed by atoms with E-state index in [-0.39, 0.29) is 23.2 Å². The van der Waals surface area contributed by atoms with E-state index in [4.69, 9.17) is 0 Å². The lowest BCUT2D eigenvalue weighted by molar-refractivity contribution is -0.138. The molecular formula is C29H33FN2O3S. The number of hydrogen-bond acceptors (Lipinski definition) is 3. The number of nitrogens with zero attached hydrogens (tertiary/aromatic N) is 1. The number of sulfonamides is 1. The van der Waals surface area contributed by atoms with Gasteiger partial charge < -0.3 is 4.90 Å². The van der Waals surface area contributed by atoms with Gasteiger partial charge in [0.2, 0.25) is 15.9 Å². The second kappa shape index (κ2) is 10.9. The lowest BCUT2D eigenvalue weighted by Crippen LogP contribution is -2.47. The second-order valence-electron chi connectivity index (χ2n) is 9.74. The third-order valence-electron chi connectivity index (χ3n) is 7.26. The number of carbonyl (C=O) groups excluding carboxylic acids is 1. The summed E-state index contributed by atoms with van der Waals surface area (Å²) in [6, 6.07) is 24.6. The predicted molar refractivity (Wildman–Crippen MR) is 141 cm³/mol. The van der Waals surface area contributed by atoms with Crippen molar-refractivity contribution in [3.8, 4) is 11.1 Å². The van der Waals surface area contributed by atoms with Crippen LogP contribution in [0.1, 0.15) is 49.8 Å². The van der Waals surface area contributed by atoms with Crippen molar-refractivity contribution in [1.82, 2.24) is 9.62 Å². The number of piperidine rings is 1. The minimum Gasteiger partial charge on any atom is -0.336 e. The van der Waals surface area contributed by atoms with Crippen LogP contribution in [0.4, 0.5) is 4.39 Å². The lowest BCUT2D eigenvalue weighted by Gasteiger charge is -2.44. The Balaban J connectivity index is 1.47. The molecule has 0 bridgehead atoms. The van der Waals surface area contributed by atoms with Crippen molar-refractivity contribution in [3.05, 3.63) is 95.8 Å². The smallest absolute Gasteiger partial charge is 0.223 e. The molecule has 0 unspecified atom stereocenters. The first kappa shape index (κ1) is 26.0. The van der Waals surface area contributed by atoms with Crippen LogP contribution in [0.3, 0.4) is 0 Å². The van der Waals surface area contributed by atoms with Crippen LogP contribution in [0.25, 0.3) is 11.1 Å². The Morgan fingerprint density at radius 1 is 0.972 bits per heavy atom. The third-order valence-corrected chi connectivity index (χ3v) is 7.99.